The average Bonchev–Trinajstić information content (AvgIpc) is 2.72. The molecule has 1 fully saturated rings. The summed E-state index contributed by atoms with van der Waals surface area (Å²) in [4.78, 5) is 12.6. The molecule has 1 aliphatic heterocycles. The third kappa shape index (κ3) is 4.57. The summed E-state index contributed by atoms with van der Waals surface area (Å²) in [7, 11) is 0. The first-order valence-corrected chi connectivity index (χ1v) is 8.69. The Bertz CT molecular complexity index is 517. The number of allylic oxidation sites excluding steroid dienone is 4. The molecule has 2 rings (SSSR count). The Balaban J connectivity index is 2.24. The third-order valence-corrected chi connectivity index (χ3v) is 5.15. The van der Waals surface area contributed by atoms with Crippen molar-refractivity contribution in [3.63, 3.8) is 0 Å². The Kier molecular flexibility index (Phi) is 5.85. The quantitative estimate of drug-likeness (QED) is 0.353. The number of hydrogen-bond donors (Lipinski definition) is 1. The number of ether oxygens (including phenoxy) is 1. The molecule has 0 radical (unpaired) electrons. The monoisotopic (exact) mass is 318 g/mol. The number of carbonyl (C=O) groups is 1. The molecule has 1 heterocycles. The number of rotatable bonds is 3. The van der Waals surface area contributed by atoms with Crippen LogP contribution in [0.5, 0.6) is 0 Å². The molecule has 23 heavy (non-hydrogen) atoms. The summed E-state index contributed by atoms with van der Waals surface area (Å²) in [5.41, 5.74) is 1.44. The van der Waals surface area contributed by atoms with Crippen LogP contribution in [-0.4, -0.2) is 23.1 Å². The maximum absolute atomic E-state index is 12.6. The molecule has 2 aliphatic rings. The molecule has 3 nitrogen and oxygen atoms in total. The van der Waals surface area contributed by atoms with Gasteiger partial charge in [0.25, 0.3) is 0 Å². The van der Waals surface area contributed by atoms with Gasteiger partial charge in [-0.1, -0.05) is 31.6 Å². The van der Waals surface area contributed by atoms with Crippen LogP contribution in [-0.2, 0) is 9.53 Å². The zero-order valence-electron chi connectivity index (χ0n) is 14.8. The van der Waals surface area contributed by atoms with Crippen molar-refractivity contribution < 1.29 is 14.6 Å². The SMILES string of the molecule is C/C1=C/C2(C)CC(C)OC2CC(C(=O)C=CC=CO)C[C@@H](C)C1. The van der Waals surface area contributed by atoms with E-state index in [1.54, 1.807) is 12.2 Å². The van der Waals surface area contributed by atoms with Crippen LogP contribution in [0.15, 0.2) is 36.1 Å². The minimum atomic E-state index is -0.0118. The first kappa shape index (κ1) is 18.0. The van der Waals surface area contributed by atoms with Crippen LogP contribution >= 0.6 is 0 Å². The molecule has 3 heteroatoms. The van der Waals surface area contributed by atoms with Gasteiger partial charge in [-0.3, -0.25) is 4.79 Å². The molecule has 5 atom stereocenters. The normalized spacial score (nSPS) is 41.1. The lowest BCUT2D eigenvalue weighted by molar-refractivity contribution is -0.120. The molecule has 4 unspecified atom stereocenters. The zero-order chi connectivity index (χ0) is 17.0. The molecular formula is C20H30O3. The van der Waals surface area contributed by atoms with Gasteiger partial charge in [0.2, 0.25) is 0 Å². The number of ketones is 1. The van der Waals surface area contributed by atoms with Crippen LogP contribution in [0.25, 0.3) is 0 Å². The van der Waals surface area contributed by atoms with E-state index in [2.05, 4.69) is 33.8 Å². The molecule has 0 saturated carbocycles. The highest BCUT2D eigenvalue weighted by molar-refractivity contribution is 5.92. The number of aliphatic hydroxyl groups excluding tert-OH is 1. The molecule has 1 saturated heterocycles. The van der Waals surface area contributed by atoms with E-state index in [4.69, 9.17) is 9.84 Å². The summed E-state index contributed by atoms with van der Waals surface area (Å²) in [5, 5.41) is 8.70. The maximum atomic E-state index is 12.6. The van der Waals surface area contributed by atoms with E-state index in [0.717, 1.165) is 31.9 Å². The Labute approximate surface area is 140 Å². The third-order valence-electron chi connectivity index (χ3n) is 5.15. The van der Waals surface area contributed by atoms with E-state index in [1.165, 1.54) is 11.6 Å². The Morgan fingerprint density at radius 1 is 1.35 bits per heavy atom. The minimum Gasteiger partial charge on any atom is -0.516 e. The van der Waals surface area contributed by atoms with E-state index in [0.29, 0.717) is 5.92 Å². The second-order valence-corrected chi connectivity index (χ2v) is 7.72. The van der Waals surface area contributed by atoms with Gasteiger partial charge < -0.3 is 9.84 Å². The first-order valence-electron chi connectivity index (χ1n) is 8.69. The molecule has 0 amide bonds. The van der Waals surface area contributed by atoms with Crippen molar-refractivity contribution in [2.24, 2.45) is 17.3 Å². The average molecular weight is 318 g/mol. The standard InChI is InChI=1S/C20H30O3/c1-14-9-15(2)12-20(4)13-16(3)23-19(20)11-17(10-14)18(22)7-5-6-8-21/h5-8,12,14,16-17,19,21H,9-11,13H2,1-4H3/b7-5?,8-6?,15-12-/t14-,16?,17?,19?,20?/m0/s1. The highest BCUT2D eigenvalue weighted by Gasteiger charge is 2.44. The molecule has 0 aromatic carbocycles. The maximum Gasteiger partial charge on any atom is 0.158 e. The molecule has 1 N–H and O–H groups in total. The molecule has 0 spiro atoms. The van der Waals surface area contributed by atoms with Crippen molar-refractivity contribution in [2.75, 3.05) is 0 Å². The Morgan fingerprint density at radius 2 is 2.09 bits per heavy atom. The van der Waals surface area contributed by atoms with Gasteiger partial charge in [0.15, 0.2) is 5.78 Å². The molecule has 0 aromatic heterocycles. The number of aliphatic hydroxyl groups is 1. The van der Waals surface area contributed by atoms with E-state index >= 15 is 0 Å². The number of carbonyl (C=O) groups excluding carboxylic acids is 1. The smallest absolute Gasteiger partial charge is 0.158 e. The van der Waals surface area contributed by atoms with Gasteiger partial charge in [0, 0.05) is 11.3 Å². The van der Waals surface area contributed by atoms with Crippen LogP contribution in [0.2, 0.25) is 0 Å². The lowest BCUT2D eigenvalue weighted by Gasteiger charge is -2.29. The summed E-state index contributed by atoms with van der Waals surface area (Å²) >= 11 is 0. The van der Waals surface area contributed by atoms with Crippen molar-refractivity contribution in [1.29, 1.82) is 0 Å². The van der Waals surface area contributed by atoms with Crippen molar-refractivity contribution in [3.05, 3.63) is 36.1 Å². The Morgan fingerprint density at radius 3 is 2.78 bits per heavy atom. The van der Waals surface area contributed by atoms with Gasteiger partial charge in [0.1, 0.15) is 0 Å². The predicted molar refractivity (Wildman–Crippen MR) is 93.2 cm³/mol. The van der Waals surface area contributed by atoms with Crippen molar-refractivity contribution in [3.8, 4) is 0 Å². The fourth-order valence-corrected chi connectivity index (χ4v) is 4.38. The lowest BCUT2D eigenvalue weighted by Crippen LogP contribution is -2.30. The lowest BCUT2D eigenvalue weighted by atomic mass is 9.77. The summed E-state index contributed by atoms with van der Waals surface area (Å²) in [5.74, 6) is 0.615. The molecule has 0 aromatic rings. The van der Waals surface area contributed by atoms with Gasteiger partial charge in [-0.2, -0.15) is 0 Å². The molecular weight excluding hydrogens is 288 g/mol. The molecule has 0 bridgehead atoms. The van der Waals surface area contributed by atoms with Crippen LogP contribution in [0.1, 0.15) is 53.4 Å². The van der Waals surface area contributed by atoms with E-state index in [1.807, 2.05) is 0 Å². The Hall–Kier alpha value is -1.35. The van der Waals surface area contributed by atoms with Crippen LogP contribution < -0.4 is 0 Å². The van der Waals surface area contributed by atoms with Gasteiger partial charge in [-0.15, -0.1) is 0 Å². The van der Waals surface area contributed by atoms with E-state index in [-0.39, 0.29) is 29.3 Å². The summed E-state index contributed by atoms with van der Waals surface area (Å²) in [6, 6.07) is 0. The fraction of sp³-hybridized carbons (Fsp3) is 0.650. The largest absolute Gasteiger partial charge is 0.516 e. The number of hydrogen-bond acceptors (Lipinski definition) is 3. The predicted octanol–water partition coefficient (Wildman–Crippen LogP) is 4.75. The van der Waals surface area contributed by atoms with Crippen LogP contribution in [0.3, 0.4) is 0 Å². The fourth-order valence-electron chi connectivity index (χ4n) is 4.38. The second kappa shape index (κ2) is 7.48. The van der Waals surface area contributed by atoms with Crippen molar-refractivity contribution >= 4 is 5.78 Å². The summed E-state index contributed by atoms with van der Waals surface area (Å²) < 4.78 is 6.17. The summed E-state index contributed by atoms with van der Waals surface area (Å²) in [6.07, 6.45) is 12.1. The highest BCUT2D eigenvalue weighted by Crippen LogP contribution is 2.45. The van der Waals surface area contributed by atoms with Crippen LogP contribution in [0, 0.1) is 17.3 Å². The topological polar surface area (TPSA) is 46.5 Å². The van der Waals surface area contributed by atoms with Crippen molar-refractivity contribution in [1.82, 2.24) is 0 Å². The number of fused-ring (bicyclic) bond motifs is 1. The molecule has 1 aliphatic carbocycles. The highest BCUT2D eigenvalue weighted by atomic mass is 16.5. The van der Waals surface area contributed by atoms with E-state index in [9.17, 15) is 4.79 Å². The van der Waals surface area contributed by atoms with E-state index < -0.39 is 0 Å². The summed E-state index contributed by atoms with van der Waals surface area (Å²) in [6.45, 7) is 8.82. The van der Waals surface area contributed by atoms with Crippen LogP contribution in [0.4, 0.5) is 0 Å². The zero-order valence-corrected chi connectivity index (χ0v) is 14.8. The van der Waals surface area contributed by atoms with Crippen molar-refractivity contribution in [2.45, 2.75) is 65.6 Å². The van der Waals surface area contributed by atoms with Gasteiger partial charge in [-0.05, 0) is 57.6 Å². The molecule has 128 valence electrons. The second-order valence-electron chi connectivity index (χ2n) is 7.72. The first-order chi connectivity index (χ1) is 10.8. The minimum absolute atomic E-state index is 0.0118. The van der Waals surface area contributed by atoms with Gasteiger partial charge in [-0.25, -0.2) is 0 Å². The van der Waals surface area contributed by atoms with Gasteiger partial charge >= 0.3 is 0 Å². The van der Waals surface area contributed by atoms with Gasteiger partial charge in [0.05, 0.1) is 18.5 Å².